The molecule has 16 heavy (non-hydrogen) atoms. The third kappa shape index (κ3) is 1.73. The van der Waals surface area contributed by atoms with Crippen LogP contribution < -0.4 is 4.90 Å². The van der Waals surface area contributed by atoms with E-state index in [4.69, 9.17) is 0 Å². The summed E-state index contributed by atoms with van der Waals surface area (Å²) in [4.78, 5) is 15.0. The Kier molecular flexibility index (Phi) is 2.77. The van der Waals surface area contributed by atoms with E-state index >= 15 is 0 Å². The van der Waals surface area contributed by atoms with Gasteiger partial charge in [0.15, 0.2) is 5.65 Å². The summed E-state index contributed by atoms with van der Waals surface area (Å²) >= 11 is 0. The van der Waals surface area contributed by atoms with Crippen LogP contribution in [-0.2, 0) is 0 Å². The summed E-state index contributed by atoms with van der Waals surface area (Å²) in [6, 6.07) is 0.412. The maximum absolute atomic E-state index is 4.52. The molecule has 2 rings (SSSR count). The predicted molar refractivity (Wildman–Crippen MR) is 64.7 cm³/mol. The monoisotopic (exact) mass is 219 g/mol. The van der Waals surface area contributed by atoms with Gasteiger partial charge < -0.3 is 9.47 Å². The fraction of sp³-hybridized carbons (Fsp3) is 0.545. The lowest BCUT2D eigenvalue weighted by atomic mass is 10.2. The van der Waals surface area contributed by atoms with Crippen molar-refractivity contribution in [1.29, 1.82) is 0 Å². The topological polar surface area (TPSA) is 46.8 Å². The first-order chi connectivity index (χ1) is 7.63. The van der Waals surface area contributed by atoms with Gasteiger partial charge in [-0.3, -0.25) is 0 Å². The van der Waals surface area contributed by atoms with Gasteiger partial charge in [-0.25, -0.2) is 9.97 Å². The predicted octanol–water partition coefficient (Wildman–Crippen LogP) is 1.86. The molecule has 1 unspecified atom stereocenters. The van der Waals surface area contributed by atoms with Gasteiger partial charge in [0.1, 0.15) is 5.52 Å². The lowest BCUT2D eigenvalue weighted by Gasteiger charge is -2.13. The van der Waals surface area contributed by atoms with Crippen LogP contribution in [0.3, 0.4) is 0 Å². The van der Waals surface area contributed by atoms with Gasteiger partial charge in [-0.1, -0.05) is 6.92 Å². The number of rotatable bonds is 3. The Morgan fingerprint density at radius 1 is 1.38 bits per heavy atom. The largest absolute Gasteiger partial charge is 0.347 e. The van der Waals surface area contributed by atoms with Crippen LogP contribution in [0.2, 0.25) is 0 Å². The second-order valence-electron chi connectivity index (χ2n) is 4.18. The lowest BCUT2D eigenvalue weighted by molar-refractivity contribution is 0.541. The van der Waals surface area contributed by atoms with E-state index < -0.39 is 0 Å². The number of aromatic nitrogens is 4. The molecule has 0 aliphatic heterocycles. The zero-order valence-electron chi connectivity index (χ0n) is 10.2. The second-order valence-corrected chi connectivity index (χ2v) is 4.18. The number of fused-ring (bicyclic) bond motifs is 1. The Balaban J connectivity index is 2.55. The average Bonchev–Trinajstić information content (AvgIpc) is 2.70. The van der Waals surface area contributed by atoms with E-state index in [9.17, 15) is 0 Å². The minimum absolute atomic E-state index is 0.412. The smallest absolute Gasteiger partial charge is 0.226 e. The molecule has 0 saturated carbocycles. The van der Waals surface area contributed by atoms with Crippen molar-refractivity contribution >= 4 is 17.1 Å². The molecule has 2 heterocycles. The van der Waals surface area contributed by atoms with Crippen LogP contribution in [0.5, 0.6) is 0 Å². The van der Waals surface area contributed by atoms with Crippen LogP contribution >= 0.6 is 0 Å². The average molecular weight is 219 g/mol. The number of hydrogen-bond acceptors (Lipinski definition) is 4. The molecule has 5 heteroatoms. The van der Waals surface area contributed by atoms with Crippen molar-refractivity contribution in [3.05, 3.63) is 12.5 Å². The van der Waals surface area contributed by atoms with Gasteiger partial charge >= 0.3 is 0 Å². The Morgan fingerprint density at radius 2 is 2.12 bits per heavy atom. The maximum Gasteiger partial charge on any atom is 0.226 e. The summed E-state index contributed by atoms with van der Waals surface area (Å²) < 4.78 is 2.10. The third-order valence-corrected chi connectivity index (χ3v) is 2.77. The van der Waals surface area contributed by atoms with Crippen molar-refractivity contribution in [2.24, 2.45) is 0 Å². The van der Waals surface area contributed by atoms with E-state index in [1.165, 1.54) is 0 Å². The fourth-order valence-corrected chi connectivity index (χ4v) is 1.55. The van der Waals surface area contributed by atoms with Gasteiger partial charge in [0.25, 0.3) is 0 Å². The molecule has 0 radical (unpaired) electrons. The van der Waals surface area contributed by atoms with Gasteiger partial charge in [0.2, 0.25) is 5.95 Å². The number of nitrogens with zero attached hydrogens (tertiary/aromatic N) is 5. The normalized spacial score (nSPS) is 13.0. The van der Waals surface area contributed by atoms with Gasteiger partial charge in [-0.2, -0.15) is 4.98 Å². The third-order valence-electron chi connectivity index (χ3n) is 2.77. The highest BCUT2D eigenvalue weighted by Crippen LogP contribution is 2.18. The second kappa shape index (κ2) is 4.08. The highest BCUT2D eigenvalue weighted by atomic mass is 15.2. The molecule has 0 bridgehead atoms. The van der Waals surface area contributed by atoms with Crippen molar-refractivity contribution in [1.82, 2.24) is 19.5 Å². The molecular formula is C11H17N5. The summed E-state index contributed by atoms with van der Waals surface area (Å²) in [6.45, 7) is 4.32. The van der Waals surface area contributed by atoms with Crippen LogP contribution in [0.4, 0.5) is 5.95 Å². The standard InChI is InChI=1S/C11H17N5/c1-5-8(2)16-7-13-9-6-12-11(15(3)4)14-10(9)16/h6-8H,5H2,1-4H3. The van der Waals surface area contributed by atoms with Gasteiger partial charge in [-0.05, 0) is 13.3 Å². The Bertz CT molecular complexity index is 488. The molecule has 5 nitrogen and oxygen atoms in total. The van der Waals surface area contributed by atoms with E-state index in [0.29, 0.717) is 6.04 Å². The van der Waals surface area contributed by atoms with Crippen molar-refractivity contribution in [3.8, 4) is 0 Å². The minimum atomic E-state index is 0.412. The van der Waals surface area contributed by atoms with Gasteiger partial charge in [-0.15, -0.1) is 0 Å². The van der Waals surface area contributed by atoms with Gasteiger partial charge in [0, 0.05) is 20.1 Å². The Morgan fingerprint density at radius 3 is 2.75 bits per heavy atom. The zero-order valence-corrected chi connectivity index (χ0v) is 10.2. The van der Waals surface area contributed by atoms with E-state index in [1.54, 1.807) is 6.20 Å². The molecule has 0 spiro atoms. The first-order valence-electron chi connectivity index (χ1n) is 5.50. The molecule has 0 N–H and O–H groups in total. The summed E-state index contributed by atoms with van der Waals surface area (Å²) in [6.07, 6.45) is 4.68. The Labute approximate surface area is 95.1 Å². The van der Waals surface area contributed by atoms with Crippen LogP contribution in [-0.4, -0.2) is 33.6 Å². The summed E-state index contributed by atoms with van der Waals surface area (Å²) in [5.41, 5.74) is 1.76. The van der Waals surface area contributed by atoms with E-state index in [1.807, 2.05) is 25.3 Å². The van der Waals surface area contributed by atoms with Crippen LogP contribution in [0.1, 0.15) is 26.3 Å². The summed E-state index contributed by atoms with van der Waals surface area (Å²) in [5, 5.41) is 0. The highest BCUT2D eigenvalue weighted by molar-refractivity contribution is 5.71. The molecular weight excluding hydrogens is 202 g/mol. The van der Waals surface area contributed by atoms with Crippen molar-refractivity contribution in [3.63, 3.8) is 0 Å². The fourth-order valence-electron chi connectivity index (χ4n) is 1.55. The molecule has 0 saturated heterocycles. The SMILES string of the molecule is CCC(C)n1cnc2cnc(N(C)C)nc21. The molecule has 2 aromatic rings. The molecule has 86 valence electrons. The molecule has 0 aliphatic carbocycles. The number of imidazole rings is 1. The molecule has 0 aliphatic rings. The van der Waals surface area contributed by atoms with Crippen LogP contribution in [0.15, 0.2) is 12.5 Å². The van der Waals surface area contributed by atoms with Gasteiger partial charge in [0.05, 0.1) is 12.5 Å². The maximum atomic E-state index is 4.52. The summed E-state index contributed by atoms with van der Waals surface area (Å²) in [5.74, 6) is 0.720. The van der Waals surface area contributed by atoms with Crippen molar-refractivity contribution in [2.45, 2.75) is 26.3 Å². The molecule has 0 amide bonds. The molecule has 0 aromatic carbocycles. The number of hydrogen-bond donors (Lipinski definition) is 0. The van der Waals surface area contributed by atoms with E-state index in [2.05, 4.69) is 33.4 Å². The van der Waals surface area contributed by atoms with Crippen molar-refractivity contribution < 1.29 is 0 Å². The lowest BCUT2D eigenvalue weighted by Crippen LogP contribution is -2.13. The van der Waals surface area contributed by atoms with E-state index in [-0.39, 0.29) is 0 Å². The zero-order chi connectivity index (χ0) is 11.7. The number of anilines is 1. The highest BCUT2D eigenvalue weighted by Gasteiger charge is 2.10. The Hall–Kier alpha value is -1.65. The molecule has 0 fully saturated rings. The first kappa shape index (κ1) is 10.9. The quantitative estimate of drug-likeness (QED) is 0.790. The van der Waals surface area contributed by atoms with Crippen LogP contribution in [0.25, 0.3) is 11.2 Å². The van der Waals surface area contributed by atoms with Crippen molar-refractivity contribution in [2.75, 3.05) is 19.0 Å². The summed E-state index contributed by atoms with van der Waals surface area (Å²) in [7, 11) is 3.87. The minimum Gasteiger partial charge on any atom is -0.347 e. The molecule has 1 atom stereocenters. The first-order valence-corrected chi connectivity index (χ1v) is 5.50. The van der Waals surface area contributed by atoms with E-state index in [0.717, 1.165) is 23.5 Å². The molecule has 2 aromatic heterocycles. The van der Waals surface area contributed by atoms with Crippen LogP contribution in [0, 0.1) is 0 Å².